The number of aromatic nitrogens is 2. The number of hydrogen-bond donors (Lipinski definition) is 2. The van der Waals surface area contributed by atoms with Crippen molar-refractivity contribution in [2.75, 3.05) is 6.54 Å². The molecule has 1 amide bonds. The molecule has 1 aromatic heterocycles. The number of nitrogens with zero attached hydrogens (tertiary/aromatic N) is 2. The third-order valence-electron chi connectivity index (χ3n) is 2.93. The summed E-state index contributed by atoms with van der Waals surface area (Å²) >= 11 is 0. The van der Waals surface area contributed by atoms with Gasteiger partial charge in [0.25, 0.3) is 0 Å². The fraction of sp³-hybridized carbons (Fsp3) is 0.267. The van der Waals surface area contributed by atoms with Crippen molar-refractivity contribution < 1.29 is 4.79 Å². The van der Waals surface area contributed by atoms with Crippen molar-refractivity contribution in [2.24, 2.45) is 0 Å². The Morgan fingerprint density at radius 1 is 1.25 bits per heavy atom. The largest absolute Gasteiger partial charge is 0.351 e. The quantitative estimate of drug-likeness (QED) is 0.833. The van der Waals surface area contributed by atoms with Gasteiger partial charge in [-0.25, -0.2) is 0 Å². The zero-order chi connectivity index (χ0) is 14.2. The number of benzene rings is 1. The smallest absolute Gasteiger partial charge is 0.234 e. The first-order valence-electron chi connectivity index (χ1n) is 6.55. The van der Waals surface area contributed by atoms with Crippen molar-refractivity contribution in [1.29, 1.82) is 0 Å². The van der Waals surface area contributed by atoms with E-state index in [0.717, 1.165) is 11.3 Å². The Labute approximate surface area is 118 Å². The van der Waals surface area contributed by atoms with Gasteiger partial charge in [-0.15, -0.1) is 0 Å². The highest BCUT2D eigenvalue weighted by Crippen LogP contribution is 2.05. The van der Waals surface area contributed by atoms with Crippen molar-refractivity contribution in [3.8, 4) is 0 Å². The van der Waals surface area contributed by atoms with Gasteiger partial charge >= 0.3 is 0 Å². The second-order valence-electron chi connectivity index (χ2n) is 4.50. The molecule has 5 nitrogen and oxygen atoms in total. The first-order chi connectivity index (χ1) is 9.75. The first-order valence-corrected chi connectivity index (χ1v) is 6.55. The van der Waals surface area contributed by atoms with Crippen LogP contribution in [0.5, 0.6) is 0 Å². The minimum Gasteiger partial charge on any atom is -0.351 e. The van der Waals surface area contributed by atoms with Crippen LogP contribution in [0.1, 0.15) is 24.2 Å². The van der Waals surface area contributed by atoms with Gasteiger partial charge in [0, 0.05) is 31.2 Å². The third-order valence-corrected chi connectivity index (χ3v) is 2.93. The van der Waals surface area contributed by atoms with Crippen molar-refractivity contribution >= 4 is 5.91 Å². The summed E-state index contributed by atoms with van der Waals surface area (Å²) in [4.78, 5) is 19.9. The molecule has 1 atom stereocenters. The van der Waals surface area contributed by atoms with Gasteiger partial charge in [-0.1, -0.05) is 30.3 Å². The van der Waals surface area contributed by atoms with Crippen molar-refractivity contribution in [1.82, 2.24) is 20.6 Å². The molecule has 5 heteroatoms. The van der Waals surface area contributed by atoms with E-state index in [1.54, 1.807) is 18.6 Å². The normalized spacial score (nSPS) is 11.8. The molecule has 2 aromatic rings. The van der Waals surface area contributed by atoms with Crippen LogP contribution in [0, 0.1) is 0 Å². The highest BCUT2D eigenvalue weighted by Gasteiger charge is 2.08. The number of rotatable bonds is 6. The summed E-state index contributed by atoms with van der Waals surface area (Å²) in [5.74, 6) is -0.0374. The van der Waals surface area contributed by atoms with Gasteiger partial charge in [-0.05, 0) is 12.5 Å². The van der Waals surface area contributed by atoms with Crippen LogP contribution in [0.4, 0.5) is 0 Å². The molecule has 0 saturated carbocycles. The maximum Gasteiger partial charge on any atom is 0.234 e. The molecule has 0 radical (unpaired) electrons. The summed E-state index contributed by atoms with van der Waals surface area (Å²) in [5, 5.41) is 5.99. The fourth-order valence-corrected chi connectivity index (χ4v) is 1.74. The van der Waals surface area contributed by atoms with Gasteiger partial charge in [-0.2, -0.15) is 0 Å². The molecule has 0 bridgehead atoms. The molecule has 2 N–H and O–H groups in total. The van der Waals surface area contributed by atoms with Crippen LogP contribution in [0.15, 0.2) is 48.9 Å². The molecule has 0 aliphatic heterocycles. The highest BCUT2D eigenvalue weighted by atomic mass is 16.1. The Morgan fingerprint density at radius 2 is 2.05 bits per heavy atom. The summed E-state index contributed by atoms with van der Waals surface area (Å²) < 4.78 is 0. The van der Waals surface area contributed by atoms with E-state index in [4.69, 9.17) is 0 Å². The highest BCUT2D eigenvalue weighted by molar-refractivity contribution is 5.78. The average Bonchev–Trinajstić information content (AvgIpc) is 2.52. The molecule has 0 aliphatic carbocycles. The van der Waals surface area contributed by atoms with Gasteiger partial charge < -0.3 is 10.6 Å². The molecule has 1 aromatic carbocycles. The lowest BCUT2D eigenvalue weighted by molar-refractivity contribution is -0.120. The Morgan fingerprint density at radius 3 is 2.75 bits per heavy atom. The Bertz CT molecular complexity index is 530. The predicted octanol–water partition coefficient (Wildman–Crippen LogP) is 1.44. The van der Waals surface area contributed by atoms with Crippen molar-refractivity contribution in [3.63, 3.8) is 0 Å². The molecule has 20 heavy (non-hydrogen) atoms. The zero-order valence-corrected chi connectivity index (χ0v) is 11.4. The number of amides is 1. The van der Waals surface area contributed by atoms with Gasteiger partial charge in [-0.3, -0.25) is 14.8 Å². The van der Waals surface area contributed by atoms with Crippen molar-refractivity contribution in [3.05, 3.63) is 60.2 Å². The van der Waals surface area contributed by atoms with Gasteiger partial charge in [0.1, 0.15) is 0 Å². The monoisotopic (exact) mass is 270 g/mol. The summed E-state index contributed by atoms with van der Waals surface area (Å²) in [5.41, 5.74) is 1.91. The summed E-state index contributed by atoms with van der Waals surface area (Å²) in [6, 6.07) is 9.82. The molecule has 104 valence electrons. The lowest BCUT2D eigenvalue weighted by Gasteiger charge is -2.12. The number of nitrogens with one attached hydrogen (secondary N) is 2. The van der Waals surface area contributed by atoms with Gasteiger partial charge in [0.15, 0.2) is 0 Å². The van der Waals surface area contributed by atoms with E-state index in [9.17, 15) is 4.79 Å². The van der Waals surface area contributed by atoms with E-state index in [-0.39, 0.29) is 18.5 Å². The molecule has 1 heterocycles. The minimum absolute atomic E-state index is 0.00817. The topological polar surface area (TPSA) is 66.9 Å². The average molecular weight is 270 g/mol. The molecule has 0 fully saturated rings. The van der Waals surface area contributed by atoms with Crippen LogP contribution in [0.3, 0.4) is 0 Å². The second kappa shape index (κ2) is 7.35. The fourth-order valence-electron chi connectivity index (χ4n) is 1.74. The van der Waals surface area contributed by atoms with Crippen LogP contribution in [0.25, 0.3) is 0 Å². The van der Waals surface area contributed by atoms with Crippen molar-refractivity contribution in [2.45, 2.75) is 19.5 Å². The predicted molar refractivity (Wildman–Crippen MR) is 76.7 cm³/mol. The number of hydrogen-bond acceptors (Lipinski definition) is 4. The number of carbonyl (C=O) groups excluding carboxylic acids is 1. The lowest BCUT2D eigenvalue weighted by Crippen LogP contribution is -2.34. The minimum atomic E-state index is -0.0374. The molecule has 1 unspecified atom stereocenters. The Kier molecular flexibility index (Phi) is 5.20. The van der Waals surface area contributed by atoms with E-state index in [2.05, 4.69) is 20.6 Å². The Balaban J connectivity index is 1.73. The zero-order valence-electron chi connectivity index (χ0n) is 11.4. The van der Waals surface area contributed by atoms with E-state index >= 15 is 0 Å². The number of carbonyl (C=O) groups is 1. The maximum atomic E-state index is 11.7. The van der Waals surface area contributed by atoms with Crippen LogP contribution in [-0.2, 0) is 11.3 Å². The van der Waals surface area contributed by atoms with Crippen LogP contribution >= 0.6 is 0 Å². The molecular weight excluding hydrogens is 252 g/mol. The summed E-state index contributed by atoms with van der Waals surface area (Å²) in [6.45, 7) is 2.75. The SMILES string of the molecule is CC(NCC(=O)NCc1ccccc1)c1cnccn1. The summed E-state index contributed by atoms with van der Waals surface area (Å²) in [7, 11) is 0. The van der Waals surface area contributed by atoms with Crippen LogP contribution < -0.4 is 10.6 Å². The van der Waals surface area contributed by atoms with Crippen LogP contribution in [0.2, 0.25) is 0 Å². The third kappa shape index (κ3) is 4.44. The molecular formula is C15H18N4O. The van der Waals surface area contributed by atoms with E-state index in [1.165, 1.54) is 0 Å². The van der Waals surface area contributed by atoms with Crippen LogP contribution in [-0.4, -0.2) is 22.4 Å². The maximum absolute atomic E-state index is 11.7. The molecule has 0 saturated heterocycles. The van der Waals surface area contributed by atoms with Gasteiger partial charge in [0.05, 0.1) is 12.2 Å². The molecule has 2 rings (SSSR count). The second-order valence-corrected chi connectivity index (χ2v) is 4.50. The Hall–Kier alpha value is -2.27. The van der Waals surface area contributed by atoms with E-state index < -0.39 is 0 Å². The molecule has 0 aliphatic rings. The first kappa shape index (κ1) is 14.1. The van der Waals surface area contributed by atoms with E-state index in [1.807, 2.05) is 37.3 Å². The van der Waals surface area contributed by atoms with E-state index in [0.29, 0.717) is 6.54 Å². The van der Waals surface area contributed by atoms with Gasteiger partial charge in [0.2, 0.25) is 5.91 Å². The lowest BCUT2D eigenvalue weighted by atomic mass is 10.2. The molecule has 0 spiro atoms. The standard InChI is InChI=1S/C15H18N4O/c1-12(14-10-16-7-8-17-14)18-11-15(20)19-9-13-5-3-2-4-6-13/h2-8,10,12,18H,9,11H2,1H3,(H,19,20). The summed E-state index contributed by atoms with van der Waals surface area (Å²) in [6.07, 6.45) is 4.96.